The number of amides is 3. The van der Waals surface area contributed by atoms with Crippen LogP contribution in [0.5, 0.6) is 0 Å². The van der Waals surface area contributed by atoms with Crippen molar-refractivity contribution in [2.75, 3.05) is 30.4 Å². The molecule has 0 atom stereocenters. The van der Waals surface area contributed by atoms with Crippen molar-refractivity contribution >= 4 is 29.3 Å². The molecule has 2 rings (SSSR count). The molecule has 2 N–H and O–H groups in total. The number of hydrogen-bond acceptors (Lipinski definition) is 3. The van der Waals surface area contributed by atoms with Crippen molar-refractivity contribution in [2.24, 2.45) is 0 Å². The molecule has 0 spiro atoms. The molecule has 0 heterocycles. The molecule has 3 amide bonds. The summed E-state index contributed by atoms with van der Waals surface area (Å²) in [5.74, 6) is -0.954. The minimum absolute atomic E-state index is 0.00103. The Hall–Kier alpha value is -3.35. The lowest BCUT2D eigenvalue weighted by atomic mass is 10.1. The fourth-order valence-electron chi connectivity index (χ4n) is 2.67. The third-order valence-corrected chi connectivity index (χ3v) is 4.25. The molecule has 7 heteroatoms. The standard InChI is InChI=1S/C21H25N3O4/c1-3-24(18-7-5-4-6-8-18)19(25)15-16-9-11-17(12-10-16)22-21(28)23(2)14-13-20(26)27/h4-12H,3,13-15H2,1-2H3,(H,22,28)(H,26,27). The maximum Gasteiger partial charge on any atom is 0.321 e. The summed E-state index contributed by atoms with van der Waals surface area (Å²) < 4.78 is 0. The van der Waals surface area contributed by atoms with Crippen molar-refractivity contribution < 1.29 is 19.5 Å². The average Bonchev–Trinajstić information content (AvgIpc) is 2.69. The number of likely N-dealkylation sites (N-methyl/N-ethyl adjacent to an activating group) is 1. The molecule has 148 valence electrons. The summed E-state index contributed by atoms with van der Waals surface area (Å²) >= 11 is 0. The van der Waals surface area contributed by atoms with Gasteiger partial charge in [0.2, 0.25) is 5.91 Å². The number of aliphatic carboxylic acids is 1. The summed E-state index contributed by atoms with van der Waals surface area (Å²) in [6.07, 6.45) is 0.149. The van der Waals surface area contributed by atoms with E-state index in [1.165, 1.54) is 11.9 Å². The third-order valence-electron chi connectivity index (χ3n) is 4.25. The average molecular weight is 383 g/mol. The molecule has 0 saturated carbocycles. The molecule has 0 unspecified atom stereocenters. The van der Waals surface area contributed by atoms with E-state index in [4.69, 9.17) is 5.11 Å². The Balaban J connectivity index is 1.94. The van der Waals surface area contributed by atoms with Crippen molar-refractivity contribution in [1.29, 1.82) is 0 Å². The van der Waals surface area contributed by atoms with E-state index in [0.717, 1.165) is 11.3 Å². The zero-order valence-electron chi connectivity index (χ0n) is 16.1. The van der Waals surface area contributed by atoms with Crippen molar-refractivity contribution in [2.45, 2.75) is 19.8 Å². The van der Waals surface area contributed by atoms with Gasteiger partial charge in [0.25, 0.3) is 0 Å². The zero-order chi connectivity index (χ0) is 20.5. The number of benzene rings is 2. The van der Waals surface area contributed by atoms with E-state index in [1.54, 1.807) is 29.2 Å². The van der Waals surface area contributed by atoms with Crippen molar-refractivity contribution in [3.63, 3.8) is 0 Å². The van der Waals surface area contributed by atoms with Gasteiger partial charge in [-0.2, -0.15) is 0 Å². The van der Waals surface area contributed by atoms with Gasteiger partial charge in [0.1, 0.15) is 0 Å². The van der Waals surface area contributed by atoms with Crippen LogP contribution in [-0.4, -0.2) is 48.1 Å². The Labute approximate surface area is 164 Å². The van der Waals surface area contributed by atoms with E-state index in [1.807, 2.05) is 37.3 Å². The Bertz CT molecular complexity index is 806. The summed E-state index contributed by atoms with van der Waals surface area (Å²) in [5, 5.41) is 11.4. The Morgan fingerprint density at radius 1 is 1.00 bits per heavy atom. The van der Waals surface area contributed by atoms with Gasteiger partial charge in [-0.3, -0.25) is 9.59 Å². The monoisotopic (exact) mass is 383 g/mol. The number of carboxylic acid groups (broad SMARTS) is 1. The molecule has 7 nitrogen and oxygen atoms in total. The number of carbonyl (C=O) groups is 3. The van der Waals surface area contributed by atoms with Crippen molar-refractivity contribution in [3.8, 4) is 0 Å². The van der Waals surface area contributed by atoms with E-state index >= 15 is 0 Å². The summed E-state index contributed by atoms with van der Waals surface area (Å²) in [6.45, 7) is 2.64. The van der Waals surface area contributed by atoms with E-state index in [-0.39, 0.29) is 31.3 Å². The molecule has 0 aliphatic carbocycles. The highest BCUT2D eigenvalue weighted by Gasteiger charge is 2.14. The van der Waals surface area contributed by atoms with Crippen LogP contribution in [-0.2, 0) is 16.0 Å². The maximum absolute atomic E-state index is 12.6. The minimum Gasteiger partial charge on any atom is -0.481 e. The van der Waals surface area contributed by atoms with E-state index in [0.29, 0.717) is 12.2 Å². The quantitative estimate of drug-likeness (QED) is 0.732. The summed E-state index contributed by atoms with van der Waals surface area (Å²) in [6, 6.07) is 16.2. The van der Waals surface area contributed by atoms with E-state index < -0.39 is 5.97 Å². The van der Waals surface area contributed by atoms with E-state index in [9.17, 15) is 14.4 Å². The van der Waals surface area contributed by atoms with Crippen molar-refractivity contribution in [3.05, 3.63) is 60.2 Å². The predicted molar refractivity (Wildman–Crippen MR) is 109 cm³/mol. The predicted octanol–water partition coefficient (Wildman–Crippen LogP) is 3.22. The molecule has 0 aromatic heterocycles. The second-order valence-electron chi connectivity index (χ2n) is 6.34. The molecule has 0 fully saturated rings. The second-order valence-corrected chi connectivity index (χ2v) is 6.34. The molecule has 0 saturated heterocycles. The molecule has 2 aromatic rings. The van der Waals surface area contributed by atoms with Gasteiger partial charge in [0.15, 0.2) is 0 Å². The first-order valence-corrected chi connectivity index (χ1v) is 9.09. The van der Waals surface area contributed by atoms with Gasteiger partial charge in [-0.05, 0) is 36.8 Å². The highest BCUT2D eigenvalue weighted by Crippen LogP contribution is 2.16. The fraction of sp³-hybridized carbons (Fsp3) is 0.286. The molecule has 0 radical (unpaired) electrons. The normalized spacial score (nSPS) is 10.2. The lowest BCUT2D eigenvalue weighted by molar-refractivity contribution is -0.137. The summed E-state index contributed by atoms with van der Waals surface area (Å²) in [5.41, 5.74) is 2.29. The van der Waals surface area contributed by atoms with Crippen LogP contribution in [0, 0.1) is 0 Å². The fourth-order valence-corrected chi connectivity index (χ4v) is 2.67. The lowest BCUT2D eigenvalue weighted by Crippen LogP contribution is -2.33. The number of hydrogen-bond donors (Lipinski definition) is 2. The topological polar surface area (TPSA) is 90.0 Å². The Morgan fingerprint density at radius 2 is 1.64 bits per heavy atom. The molecule has 28 heavy (non-hydrogen) atoms. The smallest absolute Gasteiger partial charge is 0.321 e. The lowest BCUT2D eigenvalue weighted by Gasteiger charge is -2.21. The van der Waals surface area contributed by atoms with Crippen LogP contribution < -0.4 is 10.2 Å². The number of carboxylic acids is 1. The molecule has 0 bridgehead atoms. The van der Waals surface area contributed by atoms with Crippen LogP contribution >= 0.6 is 0 Å². The highest BCUT2D eigenvalue weighted by atomic mass is 16.4. The first-order chi connectivity index (χ1) is 13.4. The third kappa shape index (κ3) is 6.12. The summed E-state index contributed by atoms with van der Waals surface area (Å²) in [4.78, 5) is 38.3. The van der Waals surface area contributed by atoms with Crippen LogP contribution in [0.1, 0.15) is 18.9 Å². The van der Waals surface area contributed by atoms with Crippen LogP contribution in [0.4, 0.5) is 16.2 Å². The number of nitrogens with one attached hydrogen (secondary N) is 1. The number of rotatable bonds is 8. The Kier molecular flexibility index (Phi) is 7.56. The van der Waals surface area contributed by atoms with Crippen LogP contribution in [0.3, 0.4) is 0 Å². The molecule has 0 aliphatic heterocycles. The van der Waals surface area contributed by atoms with Crippen molar-refractivity contribution in [1.82, 2.24) is 4.90 Å². The summed E-state index contributed by atoms with van der Waals surface area (Å²) in [7, 11) is 1.54. The molecule has 2 aromatic carbocycles. The van der Waals surface area contributed by atoms with Gasteiger partial charge >= 0.3 is 12.0 Å². The van der Waals surface area contributed by atoms with Gasteiger partial charge in [-0.1, -0.05) is 30.3 Å². The number of nitrogens with zero attached hydrogens (tertiary/aromatic N) is 2. The van der Waals surface area contributed by atoms with Crippen LogP contribution in [0.15, 0.2) is 54.6 Å². The molecular formula is C21H25N3O4. The number of para-hydroxylation sites is 1. The zero-order valence-corrected chi connectivity index (χ0v) is 16.1. The van der Waals surface area contributed by atoms with Gasteiger partial charge < -0.3 is 20.2 Å². The first kappa shape index (κ1) is 21.0. The van der Waals surface area contributed by atoms with Gasteiger partial charge in [0, 0.05) is 31.5 Å². The van der Waals surface area contributed by atoms with Gasteiger partial charge in [0.05, 0.1) is 12.8 Å². The molecule has 0 aliphatic rings. The van der Waals surface area contributed by atoms with Crippen LogP contribution in [0.25, 0.3) is 0 Å². The van der Waals surface area contributed by atoms with Gasteiger partial charge in [-0.15, -0.1) is 0 Å². The Morgan fingerprint density at radius 3 is 2.21 bits per heavy atom. The SMILES string of the molecule is CCN(C(=O)Cc1ccc(NC(=O)N(C)CCC(=O)O)cc1)c1ccccc1. The largest absolute Gasteiger partial charge is 0.481 e. The minimum atomic E-state index is -0.953. The maximum atomic E-state index is 12.6. The highest BCUT2D eigenvalue weighted by molar-refractivity contribution is 5.95. The number of carbonyl (C=O) groups excluding carboxylic acids is 2. The second kappa shape index (κ2) is 10.1. The van der Waals surface area contributed by atoms with Crippen LogP contribution in [0.2, 0.25) is 0 Å². The number of urea groups is 1. The molecular weight excluding hydrogens is 358 g/mol. The van der Waals surface area contributed by atoms with Gasteiger partial charge in [-0.25, -0.2) is 4.79 Å². The first-order valence-electron chi connectivity index (χ1n) is 9.09. The number of anilines is 2. The van der Waals surface area contributed by atoms with E-state index in [2.05, 4.69) is 5.32 Å².